The maximum absolute atomic E-state index is 15.2. The molecule has 5 heteroatoms. The van der Waals surface area contributed by atoms with Gasteiger partial charge in [0.2, 0.25) is 0 Å². The number of benzene rings is 2. The van der Waals surface area contributed by atoms with Crippen LogP contribution < -0.4 is 0 Å². The number of hydrogen-bond acceptors (Lipinski definition) is 3. The predicted octanol–water partition coefficient (Wildman–Crippen LogP) is 4.30. The second kappa shape index (κ2) is 6.77. The smallest absolute Gasteiger partial charge is 0.132 e. The Balaban J connectivity index is 1.88. The Hall–Kier alpha value is -2.92. The zero-order chi connectivity index (χ0) is 18.1. The molecule has 1 aromatic heterocycles. The van der Waals surface area contributed by atoms with E-state index >= 15 is 4.39 Å². The molecule has 130 valence electrons. The third-order valence-corrected chi connectivity index (χ3v) is 4.51. The second-order valence-electron chi connectivity index (χ2n) is 6.42. The van der Waals surface area contributed by atoms with E-state index in [0.717, 1.165) is 16.7 Å². The lowest BCUT2D eigenvalue weighted by Crippen LogP contribution is -2.16. The Morgan fingerprint density at radius 1 is 1.00 bits per heavy atom. The number of rotatable bonds is 2. The molecule has 0 fully saturated rings. The summed E-state index contributed by atoms with van der Waals surface area (Å²) >= 11 is 0. The zero-order valence-corrected chi connectivity index (χ0v) is 14.3. The standard InChI is InChI=1S/C21H17F2N3/c1-26-10-8-18(14-4-6-17(22)7-5-14)21-16(13-26)11-15(12-19(21)23)20-3-2-9-24-25-20/h2-9,11-12H,10,13H2,1H3. The van der Waals surface area contributed by atoms with Gasteiger partial charge >= 0.3 is 0 Å². The number of nitrogens with zero attached hydrogens (tertiary/aromatic N) is 3. The Morgan fingerprint density at radius 3 is 2.54 bits per heavy atom. The van der Waals surface area contributed by atoms with E-state index in [9.17, 15) is 4.39 Å². The van der Waals surface area contributed by atoms with Crippen molar-refractivity contribution in [2.24, 2.45) is 0 Å². The zero-order valence-electron chi connectivity index (χ0n) is 14.3. The highest BCUT2D eigenvalue weighted by atomic mass is 19.1. The second-order valence-corrected chi connectivity index (χ2v) is 6.42. The van der Waals surface area contributed by atoms with Crippen LogP contribution >= 0.6 is 0 Å². The molecule has 2 heterocycles. The molecular weight excluding hydrogens is 332 g/mol. The minimum absolute atomic E-state index is 0.307. The van der Waals surface area contributed by atoms with Gasteiger partial charge in [-0.2, -0.15) is 10.2 Å². The monoisotopic (exact) mass is 349 g/mol. The summed E-state index contributed by atoms with van der Waals surface area (Å²) in [6.45, 7) is 1.29. The first-order valence-corrected chi connectivity index (χ1v) is 8.37. The van der Waals surface area contributed by atoms with Crippen molar-refractivity contribution in [3.05, 3.63) is 89.1 Å². The van der Waals surface area contributed by atoms with Crippen LogP contribution in [0.2, 0.25) is 0 Å². The molecule has 0 saturated carbocycles. The van der Waals surface area contributed by atoms with E-state index in [4.69, 9.17) is 0 Å². The van der Waals surface area contributed by atoms with Crippen LogP contribution in [0.3, 0.4) is 0 Å². The van der Waals surface area contributed by atoms with E-state index < -0.39 is 0 Å². The highest BCUT2D eigenvalue weighted by molar-refractivity contribution is 5.83. The van der Waals surface area contributed by atoms with Gasteiger partial charge in [-0.05, 0) is 60.1 Å². The van der Waals surface area contributed by atoms with E-state index in [1.807, 2.05) is 25.3 Å². The molecule has 0 amide bonds. The molecule has 0 atom stereocenters. The molecule has 0 N–H and O–H groups in total. The van der Waals surface area contributed by atoms with Crippen molar-refractivity contribution in [2.45, 2.75) is 6.54 Å². The van der Waals surface area contributed by atoms with Crippen LogP contribution in [-0.2, 0) is 6.54 Å². The summed E-state index contributed by atoms with van der Waals surface area (Å²) in [5.74, 6) is -0.618. The van der Waals surface area contributed by atoms with Crippen LogP contribution in [0.4, 0.5) is 8.78 Å². The fourth-order valence-electron chi connectivity index (χ4n) is 3.29. The van der Waals surface area contributed by atoms with Crippen LogP contribution in [0, 0.1) is 11.6 Å². The van der Waals surface area contributed by atoms with Crippen LogP contribution in [0.25, 0.3) is 16.8 Å². The third-order valence-electron chi connectivity index (χ3n) is 4.51. The topological polar surface area (TPSA) is 29.0 Å². The summed E-state index contributed by atoms with van der Waals surface area (Å²) < 4.78 is 28.5. The van der Waals surface area contributed by atoms with Crippen molar-refractivity contribution in [3.63, 3.8) is 0 Å². The first kappa shape index (κ1) is 16.5. The van der Waals surface area contributed by atoms with E-state index in [-0.39, 0.29) is 11.6 Å². The molecule has 0 spiro atoms. The summed E-state index contributed by atoms with van der Waals surface area (Å²) in [5.41, 5.74) is 4.35. The number of fused-ring (bicyclic) bond motifs is 1. The molecule has 3 nitrogen and oxygen atoms in total. The first-order valence-electron chi connectivity index (χ1n) is 8.37. The summed E-state index contributed by atoms with van der Waals surface area (Å²) in [4.78, 5) is 2.11. The van der Waals surface area contributed by atoms with Gasteiger partial charge in [0.15, 0.2) is 0 Å². The highest BCUT2D eigenvalue weighted by Gasteiger charge is 2.21. The molecule has 0 unspecified atom stereocenters. The minimum Gasteiger partial charge on any atom is -0.298 e. The van der Waals surface area contributed by atoms with E-state index in [0.29, 0.717) is 29.9 Å². The Bertz CT molecular complexity index is 967. The van der Waals surface area contributed by atoms with Crippen molar-refractivity contribution < 1.29 is 8.78 Å². The summed E-state index contributed by atoms with van der Waals surface area (Å²) in [6, 6.07) is 13.2. The average Bonchev–Trinajstić information content (AvgIpc) is 2.82. The predicted molar refractivity (Wildman–Crippen MR) is 97.2 cm³/mol. The average molecular weight is 349 g/mol. The van der Waals surface area contributed by atoms with Gasteiger partial charge in [0.25, 0.3) is 0 Å². The van der Waals surface area contributed by atoms with Crippen LogP contribution in [0.15, 0.2) is 60.8 Å². The van der Waals surface area contributed by atoms with Crippen LogP contribution in [-0.4, -0.2) is 28.7 Å². The number of likely N-dealkylation sites (N-methyl/N-ethyl adjacent to an activating group) is 1. The van der Waals surface area contributed by atoms with Gasteiger partial charge in [0.1, 0.15) is 11.6 Å². The number of halogens is 2. The fourth-order valence-corrected chi connectivity index (χ4v) is 3.29. The van der Waals surface area contributed by atoms with E-state index in [2.05, 4.69) is 15.1 Å². The Labute approximate surface area is 150 Å². The van der Waals surface area contributed by atoms with Crippen molar-refractivity contribution in [1.29, 1.82) is 0 Å². The molecule has 0 bridgehead atoms. The van der Waals surface area contributed by atoms with Gasteiger partial charge in [-0.25, -0.2) is 8.78 Å². The molecule has 4 rings (SSSR count). The summed E-state index contributed by atoms with van der Waals surface area (Å²) in [7, 11) is 1.99. The third kappa shape index (κ3) is 3.13. The molecule has 0 saturated heterocycles. The quantitative estimate of drug-likeness (QED) is 0.691. The van der Waals surface area contributed by atoms with Crippen molar-refractivity contribution in [3.8, 4) is 11.3 Å². The van der Waals surface area contributed by atoms with Crippen molar-refractivity contribution in [2.75, 3.05) is 13.6 Å². The molecule has 1 aliphatic rings. The molecule has 2 aromatic carbocycles. The lowest BCUT2D eigenvalue weighted by Gasteiger charge is -2.16. The first-order chi connectivity index (χ1) is 12.6. The molecule has 0 radical (unpaired) electrons. The molecule has 3 aromatic rings. The van der Waals surface area contributed by atoms with Gasteiger partial charge in [0.05, 0.1) is 5.69 Å². The lowest BCUT2D eigenvalue weighted by atomic mass is 9.91. The van der Waals surface area contributed by atoms with Gasteiger partial charge in [-0.1, -0.05) is 18.2 Å². The molecule has 26 heavy (non-hydrogen) atoms. The normalized spacial score (nSPS) is 14.5. The van der Waals surface area contributed by atoms with Gasteiger partial charge in [-0.15, -0.1) is 0 Å². The highest BCUT2D eigenvalue weighted by Crippen LogP contribution is 2.34. The molecular formula is C21H17F2N3. The fraction of sp³-hybridized carbons (Fsp3) is 0.143. The SMILES string of the molecule is CN1CC=C(c2ccc(F)cc2)c2c(F)cc(-c3cccnn3)cc2C1. The van der Waals surface area contributed by atoms with Crippen molar-refractivity contribution in [1.82, 2.24) is 15.1 Å². The van der Waals surface area contributed by atoms with Crippen LogP contribution in [0.1, 0.15) is 16.7 Å². The Kier molecular flexibility index (Phi) is 4.31. The number of aromatic nitrogens is 2. The van der Waals surface area contributed by atoms with E-state index in [1.165, 1.54) is 18.2 Å². The van der Waals surface area contributed by atoms with Crippen molar-refractivity contribution >= 4 is 5.57 Å². The Morgan fingerprint density at radius 2 is 1.81 bits per heavy atom. The maximum Gasteiger partial charge on any atom is 0.132 e. The van der Waals surface area contributed by atoms with Gasteiger partial charge < -0.3 is 0 Å². The molecule has 0 aliphatic carbocycles. The van der Waals surface area contributed by atoms with Gasteiger partial charge in [0, 0.05) is 30.4 Å². The van der Waals surface area contributed by atoms with Gasteiger partial charge in [-0.3, -0.25) is 4.90 Å². The maximum atomic E-state index is 15.2. The summed E-state index contributed by atoms with van der Waals surface area (Å²) in [5, 5.41) is 7.96. The van der Waals surface area contributed by atoms with Crippen LogP contribution in [0.5, 0.6) is 0 Å². The number of hydrogen-bond donors (Lipinski definition) is 0. The molecule has 1 aliphatic heterocycles. The minimum atomic E-state index is -0.311. The summed E-state index contributed by atoms with van der Waals surface area (Å²) in [6.07, 6.45) is 3.58. The largest absolute Gasteiger partial charge is 0.298 e. The van der Waals surface area contributed by atoms with E-state index in [1.54, 1.807) is 24.4 Å². The lowest BCUT2D eigenvalue weighted by molar-refractivity contribution is 0.365.